The molecule has 3 nitrogen and oxygen atoms in total. The minimum Gasteiger partial charge on any atom is -0.496 e. The van der Waals surface area contributed by atoms with Crippen LogP contribution in [0.4, 0.5) is 0 Å². The molecule has 2 aromatic rings. The highest BCUT2D eigenvalue weighted by Crippen LogP contribution is 2.29. The maximum absolute atomic E-state index is 5.25. The van der Waals surface area contributed by atoms with Gasteiger partial charge in [-0.25, -0.2) is 4.98 Å². The second kappa shape index (κ2) is 6.50. The third-order valence-corrected chi connectivity index (χ3v) is 4.77. The Bertz CT molecular complexity index is 556. The molecule has 1 unspecified atom stereocenters. The SMILES string of the molecule is CNC(Cc1ccc(OC)c(Br)c1)c1scnc1C. The van der Waals surface area contributed by atoms with Crippen LogP contribution in [-0.2, 0) is 6.42 Å². The van der Waals surface area contributed by atoms with Crippen molar-refractivity contribution in [2.24, 2.45) is 0 Å². The van der Waals surface area contributed by atoms with E-state index in [-0.39, 0.29) is 0 Å². The lowest BCUT2D eigenvalue weighted by atomic mass is 10.0. The Kier molecular flexibility index (Phi) is 4.96. The van der Waals surface area contributed by atoms with E-state index in [0.717, 1.165) is 22.3 Å². The number of ether oxygens (including phenoxy) is 1. The second-order valence-corrected chi connectivity index (χ2v) is 6.06. The molecule has 5 heteroatoms. The summed E-state index contributed by atoms with van der Waals surface area (Å²) in [6.45, 7) is 2.06. The molecule has 1 atom stereocenters. The lowest BCUT2D eigenvalue weighted by molar-refractivity contribution is 0.412. The number of hydrogen-bond donors (Lipinski definition) is 1. The number of methoxy groups -OCH3 is 1. The molecule has 19 heavy (non-hydrogen) atoms. The van der Waals surface area contributed by atoms with Gasteiger partial charge in [0.2, 0.25) is 0 Å². The summed E-state index contributed by atoms with van der Waals surface area (Å²) in [6, 6.07) is 6.50. The van der Waals surface area contributed by atoms with Crippen molar-refractivity contribution in [2.45, 2.75) is 19.4 Å². The average Bonchev–Trinajstić information content (AvgIpc) is 2.82. The quantitative estimate of drug-likeness (QED) is 0.900. The first-order valence-electron chi connectivity index (χ1n) is 6.05. The van der Waals surface area contributed by atoms with Gasteiger partial charge in [-0.3, -0.25) is 0 Å². The van der Waals surface area contributed by atoms with Crippen molar-refractivity contribution < 1.29 is 4.74 Å². The zero-order valence-corrected chi connectivity index (χ0v) is 13.6. The Morgan fingerprint density at radius 3 is 2.79 bits per heavy atom. The topological polar surface area (TPSA) is 34.1 Å². The molecule has 0 aliphatic rings. The van der Waals surface area contributed by atoms with Crippen LogP contribution in [0.5, 0.6) is 5.75 Å². The number of thiazole rings is 1. The van der Waals surface area contributed by atoms with Crippen LogP contribution in [0.25, 0.3) is 0 Å². The van der Waals surface area contributed by atoms with Crippen LogP contribution in [0, 0.1) is 6.92 Å². The number of nitrogens with one attached hydrogen (secondary N) is 1. The van der Waals surface area contributed by atoms with Crippen molar-refractivity contribution in [3.8, 4) is 5.75 Å². The molecule has 0 aliphatic heterocycles. The van der Waals surface area contributed by atoms with Gasteiger partial charge in [-0.1, -0.05) is 6.07 Å². The molecule has 0 bridgehead atoms. The van der Waals surface area contributed by atoms with E-state index in [2.05, 4.69) is 45.3 Å². The number of benzene rings is 1. The predicted octanol–water partition coefficient (Wildman–Crippen LogP) is 3.73. The number of nitrogens with zero attached hydrogens (tertiary/aromatic N) is 1. The first-order chi connectivity index (χ1) is 9.15. The standard InChI is InChI=1S/C14H17BrN2OS/c1-9-14(19-8-17-9)12(16-2)7-10-4-5-13(18-3)11(15)6-10/h4-6,8,12,16H,7H2,1-3H3. The van der Waals surface area contributed by atoms with Crippen LogP contribution in [0.3, 0.4) is 0 Å². The number of hydrogen-bond acceptors (Lipinski definition) is 4. The molecule has 0 fully saturated rings. The van der Waals surface area contributed by atoms with Gasteiger partial charge >= 0.3 is 0 Å². The van der Waals surface area contributed by atoms with Crippen molar-refractivity contribution in [1.29, 1.82) is 0 Å². The summed E-state index contributed by atoms with van der Waals surface area (Å²) in [7, 11) is 3.67. The lowest BCUT2D eigenvalue weighted by Gasteiger charge is -2.16. The van der Waals surface area contributed by atoms with Gasteiger partial charge in [-0.15, -0.1) is 11.3 Å². The third kappa shape index (κ3) is 3.35. The summed E-state index contributed by atoms with van der Waals surface area (Å²) in [4.78, 5) is 5.62. The van der Waals surface area contributed by atoms with Crippen LogP contribution < -0.4 is 10.1 Å². The van der Waals surface area contributed by atoms with Crippen LogP contribution >= 0.6 is 27.3 Å². The number of halogens is 1. The highest BCUT2D eigenvalue weighted by atomic mass is 79.9. The number of likely N-dealkylation sites (N-methyl/N-ethyl adjacent to an activating group) is 1. The van der Waals surface area contributed by atoms with Crippen LogP contribution in [-0.4, -0.2) is 19.1 Å². The minimum absolute atomic E-state index is 0.299. The second-order valence-electron chi connectivity index (χ2n) is 4.32. The van der Waals surface area contributed by atoms with Crippen LogP contribution in [0.2, 0.25) is 0 Å². The maximum atomic E-state index is 5.25. The number of aryl methyl sites for hydroxylation is 1. The highest BCUT2D eigenvalue weighted by Gasteiger charge is 2.15. The van der Waals surface area contributed by atoms with Gasteiger partial charge in [0.1, 0.15) is 5.75 Å². The van der Waals surface area contributed by atoms with Crippen molar-refractivity contribution in [2.75, 3.05) is 14.2 Å². The summed E-state index contributed by atoms with van der Waals surface area (Å²) < 4.78 is 6.24. The average molecular weight is 341 g/mol. The van der Waals surface area contributed by atoms with Gasteiger partial charge in [-0.2, -0.15) is 0 Å². The van der Waals surface area contributed by atoms with Crippen molar-refractivity contribution in [3.05, 3.63) is 44.3 Å². The van der Waals surface area contributed by atoms with Gasteiger partial charge < -0.3 is 10.1 Å². The van der Waals surface area contributed by atoms with Crippen LogP contribution in [0.15, 0.2) is 28.2 Å². The molecule has 1 aromatic heterocycles. The summed E-state index contributed by atoms with van der Waals surface area (Å²) in [5.41, 5.74) is 4.27. The summed E-state index contributed by atoms with van der Waals surface area (Å²) in [5.74, 6) is 0.860. The molecule has 0 saturated heterocycles. The largest absolute Gasteiger partial charge is 0.496 e. The molecule has 0 saturated carbocycles. The molecule has 1 N–H and O–H groups in total. The molecule has 1 aromatic carbocycles. The number of aromatic nitrogens is 1. The molecule has 1 heterocycles. The Labute approximate surface area is 126 Å². The van der Waals surface area contributed by atoms with E-state index >= 15 is 0 Å². The molecule has 0 spiro atoms. The first kappa shape index (κ1) is 14.5. The highest BCUT2D eigenvalue weighted by molar-refractivity contribution is 9.10. The van der Waals surface area contributed by atoms with E-state index in [4.69, 9.17) is 4.74 Å². The predicted molar refractivity (Wildman–Crippen MR) is 83.0 cm³/mol. The molecule has 2 rings (SSSR count). The Balaban J connectivity index is 2.19. The fraction of sp³-hybridized carbons (Fsp3) is 0.357. The van der Waals surface area contributed by atoms with E-state index in [0.29, 0.717) is 6.04 Å². The molecule has 0 aliphatic carbocycles. The minimum atomic E-state index is 0.299. The monoisotopic (exact) mass is 340 g/mol. The first-order valence-corrected chi connectivity index (χ1v) is 7.72. The van der Waals surface area contributed by atoms with Crippen molar-refractivity contribution >= 4 is 27.3 Å². The fourth-order valence-corrected chi connectivity index (χ4v) is 3.54. The van der Waals surface area contributed by atoms with Crippen LogP contribution in [0.1, 0.15) is 22.2 Å². The molecule has 0 amide bonds. The smallest absolute Gasteiger partial charge is 0.133 e. The molecule has 0 radical (unpaired) electrons. The molecular formula is C14H17BrN2OS. The normalized spacial score (nSPS) is 12.4. The lowest BCUT2D eigenvalue weighted by Crippen LogP contribution is -2.18. The van der Waals surface area contributed by atoms with Gasteiger partial charge in [0.25, 0.3) is 0 Å². The van der Waals surface area contributed by atoms with Gasteiger partial charge in [0.15, 0.2) is 0 Å². The molecular weight excluding hydrogens is 324 g/mol. The summed E-state index contributed by atoms with van der Waals surface area (Å²) >= 11 is 5.23. The zero-order valence-electron chi connectivity index (χ0n) is 11.2. The van der Waals surface area contributed by atoms with E-state index < -0.39 is 0 Å². The van der Waals surface area contributed by atoms with Crippen molar-refractivity contribution in [1.82, 2.24) is 10.3 Å². The maximum Gasteiger partial charge on any atom is 0.133 e. The summed E-state index contributed by atoms with van der Waals surface area (Å²) in [5, 5.41) is 3.37. The van der Waals surface area contributed by atoms with Gasteiger partial charge in [-0.05, 0) is 54.0 Å². The Morgan fingerprint density at radius 2 is 2.26 bits per heavy atom. The van der Waals surface area contributed by atoms with E-state index in [1.807, 2.05) is 18.6 Å². The fourth-order valence-electron chi connectivity index (χ4n) is 2.04. The van der Waals surface area contributed by atoms with E-state index in [1.165, 1.54) is 10.4 Å². The summed E-state index contributed by atoms with van der Waals surface area (Å²) in [6.07, 6.45) is 0.933. The molecule has 102 valence electrons. The van der Waals surface area contributed by atoms with E-state index in [1.54, 1.807) is 18.4 Å². The van der Waals surface area contributed by atoms with E-state index in [9.17, 15) is 0 Å². The Morgan fingerprint density at radius 1 is 1.47 bits per heavy atom. The van der Waals surface area contributed by atoms with Gasteiger partial charge in [0.05, 0.1) is 22.8 Å². The number of rotatable bonds is 5. The van der Waals surface area contributed by atoms with Gasteiger partial charge in [0, 0.05) is 10.9 Å². The zero-order chi connectivity index (χ0) is 13.8. The Hall–Kier alpha value is -0.910. The van der Waals surface area contributed by atoms with Crippen molar-refractivity contribution in [3.63, 3.8) is 0 Å². The third-order valence-electron chi connectivity index (χ3n) is 3.10.